The summed E-state index contributed by atoms with van der Waals surface area (Å²) in [6.45, 7) is 4.15. The Kier molecular flexibility index (Phi) is 5.41. The van der Waals surface area contributed by atoms with Crippen molar-refractivity contribution >= 4 is 23.1 Å². The van der Waals surface area contributed by atoms with E-state index in [1.807, 2.05) is 43.3 Å². The van der Waals surface area contributed by atoms with Crippen LogP contribution in [0, 0.1) is 13.8 Å². The quantitative estimate of drug-likeness (QED) is 0.666. The molecule has 0 bridgehead atoms. The summed E-state index contributed by atoms with van der Waals surface area (Å²) >= 11 is 5.54. The van der Waals surface area contributed by atoms with Crippen molar-refractivity contribution in [2.75, 3.05) is 5.32 Å². The molecule has 0 aliphatic heterocycles. The average Bonchev–Trinajstić information content (AvgIpc) is 2.61. The van der Waals surface area contributed by atoms with Crippen LogP contribution in [0.25, 0.3) is 0 Å². The third-order valence-corrected chi connectivity index (χ3v) is 4.28. The lowest BCUT2D eigenvalue weighted by atomic mass is 9.95. The summed E-state index contributed by atoms with van der Waals surface area (Å²) in [5, 5.41) is 7.17. The predicted molar refractivity (Wildman–Crippen MR) is 108 cm³/mol. The Morgan fingerprint density at radius 3 is 2.40 bits per heavy atom. The fraction of sp³-hybridized carbons (Fsp3) is 0.143. The van der Waals surface area contributed by atoms with Gasteiger partial charge in [-0.3, -0.25) is 0 Å². The Morgan fingerprint density at radius 1 is 0.960 bits per heavy atom. The molecule has 4 heteroatoms. The first-order chi connectivity index (χ1) is 12.1. The zero-order valence-electron chi connectivity index (χ0n) is 14.4. The van der Waals surface area contributed by atoms with E-state index in [0.29, 0.717) is 5.11 Å². The van der Waals surface area contributed by atoms with Crippen LogP contribution in [-0.4, -0.2) is 10.1 Å². The highest BCUT2D eigenvalue weighted by Crippen LogP contribution is 2.25. The van der Waals surface area contributed by atoms with Crippen LogP contribution >= 0.6 is 12.2 Å². The fourth-order valence-corrected chi connectivity index (χ4v) is 3.01. The summed E-state index contributed by atoms with van der Waals surface area (Å²) in [7, 11) is 0. The number of hydrogen-bond donors (Lipinski definition) is 2. The smallest absolute Gasteiger partial charge is 0.172 e. The van der Waals surface area contributed by atoms with Crippen LogP contribution in [0.5, 0.6) is 0 Å². The lowest BCUT2D eigenvalue weighted by Gasteiger charge is -2.23. The van der Waals surface area contributed by atoms with Crippen LogP contribution < -0.4 is 10.6 Å². The Bertz CT molecular complexity index is 862. The number of anilines is 1. The largest absolute Gasteiger partial charge is 0.351 e. The van der Waals surface area contributed by atoms with Crippen LogP contribution in [0.1, 0.15) is 28.3 Å². The molecule has 0 amide bonds. The number of benzene rings is 2. The molecule has 0 spiro atoms. The molecule has 0 aliphatic rings. The monoisotopic (exact) mass is 347 g/mol. The van der Waals surface area contributed by atoms with E-state index in [2.05, 4.69) is 52.9 Å². The molecule has 2 N–H and O–H groups in total. The van der Waals surface area contributed by atoms with Crippen molar-refractivity contribution in [3.63, 3.8) is 0 Å². The maximum atomic E-state index is 5.54. The number of hydrogen-bond acceptors (Lipinski definition) is 2. The zero-order chi connectivity index (χ0) is 17.6. The summed E-state index contributed by atoms with van der Waals surface area (Å²) in [6, 6.07) is 22.6. The van der Waals surface area contributed by atoms with Crippen LogP contribution in [0.15, 0.2) is 72.9 Å². The van der Waals surface area contributed by atoms with Crippen molar-refractivity contribution < 1.29 is 0 Å². The zero-order valence-corrected chi connectivity index (χ0v) is 15.2. The van der Waals surface area contributed by atoms with E-state index in [4.69, 9.17) is 12.2 Å². The lowest BCUT2D eigenvalue weighted by Crippen LogP contribution is -2.33. The van der Waals surface area contributed by atoms with E-state index in [1.54, 1.807) is 6.20 Å². The van der Waals surface area contributed by atoms with Gasteiger partial charge in [0.15, 0.2) is 5.11 Å². The van der Waals surface area contributed by atoms with Gasteiger partial charge in [0.25, 0.3) is 0 Å². The fourth-order valence-electron chi connectivity index (χ4n) is 2.78. The molecule has 1 atom stereocenters. The van der Waals surface area contributed by atoms with Gasteiger partial charge in [0, 0.05) is 6.20 Å². The van der Waals surface area contributed by atoms with E-state index in [-0.39, 0.29) is 6.04 Å². The molecule has 3 nitrogen and oxygen atoms in total. The first kappa shape index (κ1) is 17.1. The van der Waals surface area contributed by atoms with E-state index >= 15 is 0 Å². The topological polar surface area (TPSA) is 37.0 Å². The van der Waals surface area contributed by atoms with Gasteiger partial charge >= 0.3 is 0 Å². The summed E-state index contributed by atoms with van der Waals surface area (Å²) in [5.41, 5.74) is 4.73. The first-order valence-electron chi connectivity index (χ1n) is 8.24. The standard InChI is InChI=1S/C21H21N3S/c1-15-12-13-22-19(14-15)23-21(25)24-20(17-9-4-3-5-10-17)18-11-7-6-8-16(18)2/h3-14,20H,1-2H3,(H2,22,23,24,25)/t20-/m1/s1. The molecule has 3 rings (SSSR count). The Labute approximate surface area is 154 Å². The third kappa shape index (κ3) is 4.43. The lowest BCUT2D eigenvalue weighted by molar-refractivity contribution is 0.762. The molecule has 0 unspecified atom stereocenters. The van der Waals surface area contributed by atoms with Gasteiger partial charge in [0.2, 0.25) is 0 Å². The maximum Gasteiger partial charge on any atom is 0.172 e. The second kappa shape index (κ2) is 7.90. The van der Waals surface area contributed by atoms with Crippen molar-refractivity contribution in [2.45, 2.75) is 19.9 Å². The van der Waals surface area contributed by atoms with Gasteiger partial charge in [0.1, 0.15) is 5.82 Å². The minimum absolute atomic E-state index is 0.0211. The summed E-state index contributed by atoms with van der Waals surface area (Å²) < 4.78 is 0. The van der Waals surface area contributed by atoms with Crippen LogP contribution in [0.3, 0.4) is 0 Å². The van der Waals surface area contributed by atoms with Crippen LogP contribution in [-0.2, 0) is 0 Å². The second-order valence-corrected chi connectivity index (χ2v) is 6.43. The van der Waals surface area contributed by atoms with Gasteiger partial charge in [-0.25, -0.2) is 4.98 Å². The molecule has 0 radical (unpaired) electrons. The molecule has 2 aromatic carbocycles. The Balaban J connectivity index is 1.85. The van der Waals surface area contributed by atoms with E-state index in [1.165, 1.54) is 11.1 Å². The first-order valence-corrected chi connectivity index (χ1v) is 8.65. The van der Waals surface area contributed by atoms with Crippen molar-refractivity contribution in [3.8, 4) is 0 Å². The van der Waals surface area contributed by atoms with Gasteiger partial charge in [-0.2, -0.15) is 0 Å². The number of rotatable bonds is 4. The normalized spacial score (nSPS) is 11.6. The van der Waals surface area contributed by atoms with E-state index in [9.17, 15) is 0 Å². The minimum Gasteiger partial charge on any atom is -0.351 e. The molecule has 0 saturated carbocycles. The summed E-state index contributed by atoms with van der Waals surface area (Å²) in [5.74, 6) is 0.745. The van der Waals surface area contributed by atoms with Gasteiger partial charge in [-0.1, -0.05) is 54.6 Å². The minimum atomic E-state index is -0.0211. The number of nitrogens with zero attached hydrogens (tertiary/aromatic N) is 1. The maximum absolute atomic E-state index is 5.54. The van der Waals surface area contributed by atoms with Crippen LogP contribution in [0.2, 0.25) is 0 Å². The Hall–Kier alpha value is -2.72. The van der Waals surface area contributed by atoms with Crippen molar-refractivity contribution in [1.82, 2.24) is 10.3 Å². The molecule has 0 aliphatic carbocycles. The molecular weight excluding hydrogens is 326 g/mol. The number of aryl methyl sites for hydroxylation is 2. The summed E-state index contributed by atoms with van der Waals surface area (Å²) in [4.78, 5) is 4.31. The molecule has 3 aromatic rings. The average molecular weight is 347 g/mol. The van der Waals surface area contributed by atoms with Gasteiger partial charge in [-0.05, 0) is 60.5 Å². The summed E-state index contributed by atoms with van der Waals surface area (Å²) in [6.07, 6.45) is 1.77. The number of aromatic nitrogens is 1. The van der Waals surface area contributed by atoms with Gasteiger partial charge in [-0.15, -0.1) is 0 Å². The molecule has 25 heavy (non-hydrogen) atoms. The molecule has 0 fully saturated rings. The van der Waals surface area contributed by atoms with Crippen LogP contribution in [0.4, 0.5) is 5.82 Å². The molecule has 0 saturated heterocycles. The Morgan fingerprint density at radius 2 is 1.68 bits per heavy atom. The third-order valence-electron chi connectivity index (χ3n) is 4.06. The highest BCUT2D eigenvalue weighted by molar-refractivity contribution is 7.80. The molecule has 1 aromatic heterocycles. The van der Waals surface area contributed by atoms with E-state index in [0.717, 1.165) is 16.9 Å². The van der Waals surface area contributed by atoms with E-state index < -0.39 is 0 Å². The van der Waals surface area contributed by atoms with Crippen molar-refractivity contribution in [1.29, 1.82) is 0 Å². The number of thiocarbonyl (C=S) groups is 1. The van der Waals surface area contributed by atoms with Gasteiger partial charge < -0.3 is 10.6 Å². The number of pyridine rings is 1. The highest BCUT2D eigenvalue weighted by atomic mass is 32.1. The predicted octanol–water partition coefficient (Wildman–Crippen LogP) is 4.77. The van der Waals surface area contributed by atoms with Crippen molar-refractivity contribution in [3.05, 3.63) is 95.2 Å². The number of nitrogens with one attached hydrogen (secondary N) is 2. The van der Waals surface area contributed by atoms with Crippen molar-refractivity contribution in [2.24, 2.45) is 0 Å². The second-order valence-electron chi connectivity index (χ2n) is 6.02. The highest BCUT2D eigenvalue weighted by Gasteiger charge is 2.17. The molecular formula is C21H21N3S. The molecule has 1 heterocycles. The van der Waals surface area contributed by atoms with Gasteiger partial charge in [0.05, 0.1) is 6.04 Å². The SMILES string of the molecule is Cc1ccnc(NC(=S)N[C@H](c2ccccc2)c2ccccc2C)c1. The molecule has 126 valence electrons.